The Bertz CT molecular complexity index is 522. The summed E-state index contributed by atoms with van der Waals surface area (Å²) < 4.78 is 2.86. The Kier molecular flexibility index (Phi) is 3.69. The van der Waals surface area contributed by atoms with Gasteiger partial charge in [-0.2, -0.15) is 5.10 Å². The molecule has 0 saturated heterocycles. The van der Waals surface area contributed by atoms with Crippen molar-refractivity contribution in [3.63, 3.8) is 0 Å². The molecule has 0 aliphatic carbocycles. The summed E-state index contributed by atoms with van der Waals surface area (Å²) in [4.78, 5) is 15.4. The second kappa shape index (κ2) is 5.23. The SMILES string of the molecule is NNC(=O)c1ccc(Cn2cc(I)cn2)nc1. The molecule has 0 aromatic carbocycles. The third-order valence-corrected chi connectivity index (χ3v) is 2.70. The zero-order valence-corrected chi connectivity index (χ0v) is 11.0. The van der Waals surface area contributed by atoms with Crippen molar-refractivity contribution in [2.75, 3.05) is 0 Å². The Morgan fingerprint density at radius 3 is 2.82 bits per heavy atom. The van der Waals surface area contributed by atoms with Gasteiger partial charge in [0.2, 0.25) is 0 Å². The number of carbonyl (C=O) groups excluding carboxylic acids is 1. The average molecular weight is 343 g/mol. The molecular weight excluding hydrogens is 333 g/mol. The highest BCUT2D eigenvalue weighted by Gasteiger charge is 2.04. The summed E-state index contributed by atoms with van der Waals surface area (Å²) in [6.07, 6.45) is 5.19. The van der Waals surface area contributed by atoms with Gasteiger partial charge in [0.1, 0.15) is 0 Å². The van der Waals surface area contributed by atoms with E-state index >= 15 is 0 Å². The molecule has 0 atom stereocenters. The lowest BCUT2D eigenvalue weighted by atomic mass is 10.2. The molecule has 0 unspecified atom stereocenters. The summed E-state index contributed by atoms with van der Waals surface area (Å²) in [6.45, 7) is 0.577. The molecule has 7 heteroatoms. The molecule has 1 amide bonds. The van der Waals surface area contributed by atoms with E-state index in [0.29, 0.717) is 12.1 Å². The second-order valence-corrected chi connectivity index (χ2v) is 4.61. The number of pyridine rings is 1. The molecule has 2 aromatic rings. The number of hydrazine groups is 1. The van der Waals surface area contributed by atoms with E-state index in [1.54, 1.807) is 23.0 Å². The van der Waals surface area contributed by atoms with Crippen LogP contribution in [0.15, 0.2) is 30.7 Å². The van der Waals surface area contributed by atoms with Gasteiger partial charge in [-0.05, 0) is 34.7 Å². The topological polar surface area (TPSA) is 85.8 Å². The molecule has 0 aliphatic rings. The quantitative estimate of drug-likeness (QED) is 0.369. The van der Waals surface area contributed by atoms with E-state index in [9.17, 15) is 4.79 Å². The van der Waals surface area contributed by atoms with Gasteiger partial charge in [-0.25, -0.2) is 5.84 Å². The number of carbonyl (C=O) groups is 1. The van der Waals surface area contributed by atoms with Crippen LogP contribution in [-0.4, -0.2) is 20.7 Å². The number of nitrogens with zero attached hydrogens (tertiary/aromatic N) is 3. The van der Waals surface area contributed by atoms with Crippen LogP contribution in [0.3, 0.4) is 0 Å². The minimum atomic E-state index is -0.349. The van der Waals surface area contributed by atoms with Crippen LogP contribution in [0, 0.1) is 3.57 Å². The van der Waals surface area contributed by atoms with Crippen LogP contribution in [0.25, 0.3) is 0 Å². The lowest BCUT2D eigenvalue weighted by Crippen LogP contribution is -2.30. The highest BCUT2D eigenvalue weighted by Crippen LogP contribution is 2.05. The Labute approximate surface area is 111 Å². The Balaban J connectivity index is 2.10. The lowest BCUT2D eigenvalue weighted by molar-refractivity contribution is 0.0953. The Morgan fingerprint density at radius 2 is 2.29 bits per heavy atom. The maximum Gasteiger partial charge on any atom is 0.266 e. The predicted molar refractivity (Wildman–Crippen MR) is 69.9 cm³/mol. The smallest absolute Gasteiger partial charge is 0.266 e. The standard InChI is InChI=1S/C10H10IN5O/c11-8-4-14-16(5-8)6-9-2-1-7(3-13-9)10(17)15-12/h1-5H,6,12H2,(H,15,17). The fraction of sp³-hybridized carbons (Fsp3) is 0.100. The first kappa shape index (κ1) is 12.0. The van der Waals surface area contributed by atoms with Gasteiger partial charge in [0, 0.05) is 12.4 Å². The van der Waals surface area contributed by atoms with Crippen LogP contribution in [0.4, 0.5) is 0 Å². The first-order valence-electron chi connectivity index (χ1n) is 4.83. The van der Waals surface area contributed by atoms with Gasteiger partial charge in [-0.15, -0.1) is 0 Å². The molecule has 0 aliphatic heterocycles. The van der Waals surface area contributed by atoms with Gasteiger partial charge >= 0.3 is 0 Å². The van der Waals surface area contributed by atoms with E-state index in [4.69, 9.17) is 5.84 Å². The summed E-state index contributed by atoms with van der Waals surface area (Å²) in [6, 6.07) is 3.46. The van der Waals surface area contributed by atoms with E-state index in [1.165, 1.54) is 6.20 Å². The predicted octanol–water partition coefficient (Wildman–Crippen LogP) is 0.534. The minimum Gasteiger partial charge on any atom is -0.290 e. The fourth-order valence-electron chi connectivity index (χ4n) is 1.33. The zero-order valence-electron chi connectivity index (χ0n) is 8.80. The van der Waals surface area contributed by atoms with Crippen molar-refractivity contribution in [1.82, 2.24) is 20.2 Å². The van der Waals surface area contributed by atoms with Crippen molar-refractivity contribution >= 4 is 28.5 Å². The van der Waals surface area contributed by atoms with Crippen LogP contribution in [0.5, 0.6) is 0 Å². The number of nitrogens with one attached hydrogen (secondary N) is 1. The molecule has 17 heavy (non-hydrogen) atoms. The van der Waals surface area contributed by atoms with Crippen molar-refractivity contribution < 1.29 is 4.79 Å². The molecule has 2 heterocycles. The van der Waals surface area contributed by atoms with Crippen molar-refractivity contribution in [2.24, 2.45) is 5.84 Å². The monoisotopic (exact) mass is 343 g/mol. The van der Waals surface area contributed by atoms with E-state index in [0.717, 1.165) is 9.26 Å². The molecule has 2 rings (SSSR count). The first-order chi connectivity index (χ1) is 8.19. The summed E-state index contributed by atoms with van der Waals surface area (Å²) >= 11 is 2.19. The fourth-order valence-corrected chi connectivity index (χ4v) is 1.77. The van der Waals surface area contributed by atoms with E-state index in [-0.39, 0.29) is 5.91 Å². The third kappa shape index (κ3) is 3.01. The largest absolute Gasteiger partial charge is 0.290 e. The number of aromatic nitrogens is 3. The molecular formula is C10H10IN5O. The maximum atomic E-state index is 11.2. The summed E-state index contributed by atoms with van der Waals surface area (Å²) in [5.41, 5.74) is 3.32. The normalized spacial score (nSPS) is 10.2. The number of hydrogen-bond donors (Lipinski definition) is 2. The average Bonchev–Trinajstić information content (AvgIpc) is 2.75. The molecule has 0 saturated carbocycles. The van der Waals surface area contributed by atoms with Crippen LogP contribution in [0.1, 0.15) is 16.1 Å². The van der Waals surface area contributed by atoms with Crippen molar-refractivity contribution in [3.8, 4) is 0 Å². The number of nitrogen functional groups attached to an aromatic ring is 1. The van der Waals surface area contributed by atoms with E-state index < -0.39 is 0 Å². The molecule has 2 aromatic heterocycles. The van der Waals surface area contributed by atoms with Gasteiger partial charge in [-0.1, -0.05) is 0 Å². The number of rotatable bonds is 3. The molecule has 0 fully saturated rings. The second-order valence-electron chi connectivity index (χ2n) is 3.37. The van der Waals surface area contributed by atoms with Crippen molar-refractivity contribution in [2.45, 2.75) is 6.54 Å². The molecule has 0 bridgehead atoms. The molecule has 88 valence electrons. The highest BCUT2D eigenvalue weighted by molar-refractivity contribution is 14.1. The lowest BCUT2D eigenvalue weighted by Gasteiger charge is -2.02. The van der Waals surface area contributed by atoms with Gasteiger partial charge in [-0.3, -0.25) is 19.9 Å². The summed E-state index contributed by atoms with van der Waals surface area (Å²) in [7, 11) is 0. The van der Waals surface area contributed by atoms with Gasteiger partial charge < -0.3 is 0 Å². The molecule has 0 radical (unpaired) electrons. The third-order valence-electron chi connectivity index (χ3n) is 2.14. The van der Waals surface area contributed by atoms with Crippen LogP contribution in [0.2, 0.25) is 0 Å². The van der Waals surface area contributed by atoms with Gasteiger partial charge in [0.15, 0.2) is 0 Å². The number of hydrogen-bond acceptors (Lipinski definition) is 4. The van der Waals surface area contributed by atoms with Gasteiger partial charge in [0.25, 0.3) is 5.91 Å². The van der Waals surface area contributed by atoms with Crippen LogP contribution < -0.4 is 11.3 Å². The minimum absolute atomic E-state index is 0.349. The zero-order chi connectivity index (χ0) is 12.3. The van der Waals surface area contributed by atoms with Crippen LogP contribution in [-0.2, 0) is 6.54 Å². The maximum absolute atomic E-state index is 11.2. The molecule has 3 N–H and O–H groups in total. The highest BCUT2D eigenvalue weighted by atomic mass is 127. The van der Waals surface area contributed by atoms with Crippen molar-refractivity contribution in [1.29, 1.82) is 0 Å². The van der Waals surface area contributed by atoms with E-state index in [2.05, 4.69) is 38.1 Å². The summed E-state index contributed by atoms with van der Waals surface area (Å²) in [5.74, 6) is 4.68. The number of amides is 1. The van der Waals surface area contributed by atoms with E-state index in [1.807, 2.05) is 6.20 Å². The van der Waals surface area contributed by atoms with Crippen molar-refractivity contribution in [3.05, 3.63) is 45.6 Å². The Morgan fingerprint density at radius 1 is 1.47 bits per heavy atom. The van der Waals surface area contributed by atoms with Gasteiger partial charge in [0.05, 0.1) is 27.6 Å². The number of nitrogens with two attached hydrogens (primary N) is 1. The van der Waals surface area contributed by atoms with Crippen LogP contribution >= 0.6 is 22.6 Å². The first-order valence-corrected chi connectivity index (χ1v) is 5.91. The molecule has 6 nitrogen and oxygen atoms in total. The summed E-state index contributed by atoms with van der Waals surface area (Å²) in [5, 5.41) is 4.15. The molecule has 0 spiro atoms. The Hall–Kier alpha value is -1.48. The number of halogens is 1.